The number of nitrogens with one attached hydrogen (secondary N) is 1. The first-order valence-electron chi connectivity index (χ1n) is 11.2. The Hall–Kier alpha value is -2.19. The number of anilines is 2. The number of hydrogen-bond donors (Lipinski definition) is 1. The van der Waals surface area contributed by atoms with E-state index in [-0.39, 0.29) is 0 Å². The first kappa shape index (κ1) is 22.0. The minimum atomic E-state index is -0.797. The van der Waals surface area contributed by atoms with E-state index in [1.807, 2.05) is 11.7 Å². The Bertz CT molecular complexity index is 894. The highest BCUT2D eigenvalue weighted by Crippen LogP contribution is 2.29. The fourth-order valence-electron chi connectivity index (χ4n) is 4.70. The molecule has 1 aromatic heterocycles. The third-order valence-corrected chi connectivity index (χ3v) is 6.29. The van der Waals surface area contributed by atoms with E-state index in [2.05, 4.69) is 29.0 Å². The summed E-state index contributed by atoms with van der Waals surface area (Å²) >= 11 is 0. The Morgan fingerprint density at radius 2 is 1.90 bits per heavy atom. The smallest absolute Gasteiger partial charge is 0.160 e. The average Bonchev–Trinajstić information content (AvgIpc) is 3.35. The van der Waals surface area contributed by atoms with Crippen LogP contribution in [0, 0.1) is 17.6 Å². The highest BCUT2D eigenvalue weighted by atomic mass is 19.2. The Kier molecular flexibility index (Phi) is 6.77. The van der Waals surface area contributed by atoms with Crippen molar-refractivity contribution in [3.05, 3.63) is 41.1 Å². The van der Waals surface area contributed by atoms with Crippen LogP contribution in [-0.2, 0) is 18.3 Å². The summed E-state index contributed by atoms with van der Waals surface area (Å²) in [5, 5.41) is 8.47. The molecule has 0 spiro atoms. The molecule has 0 radical (unpaired) electrons. The quantitative estimate of drug-likeness (QED) is 0.726. The van der Waals surface area contributed by atoms with Gasteiger partial charge in [-0.3, -0.25) is 4.68 Å². The molecule has 31 heavy (non-hydrogen) atoms. The number of nitrogens with zero attached hydrogens (tertiary/aromatic N) is 4. The fourth-order valence-corrected chi connectivity index (χ4v) is 4.70. The van der Waals surface area contributed by atoms with E-state index in [9.17, 15) is 8.78 Å². The zero-order chi connectivity index (χ0) is 22.0. The van der Waals surface area contributed by atoms with Crippen molar-refractivity contribution >= 4 is 11.5 Å². The molecule has 2 aliphatic rings. The first-order valence-corrected chi connectivity index (χ1v) is 11.2. The number of rotatable bonds is 7. The van der Waals surface area contributed by atoms with Gasteiger partial charge in [0.2, 0.25) is 0 Å². The normalized spacial score (nSPS) is 19.6. The van der Waals surface area contributed by atoms with Crippen LogP contribution in [0.1, 0.15) is 37.4 Å². The van der Waals surface area contributed by atoms with Crippen LogP contribution in [0.15, 0.2) is 18.2 Å². The molecule has 4 rings (SSSR count). The maximum Gasteiger partial charge on any atom is 0.160 e. The van der Waals surface area contributed by atoms with Crippen molar-refractivity contribution in [2.45, 2.75) is 32.7 Å². The number of benzene rings is 1. The van der Waals surface area contributed by atoms with Crippen LogP contribution in [0.25, 0.3) is 0 Å². The Labute approximate surface area is 183 Å². The summed E-state index contributed by atoms with van der Waals surface area (Å²) in [5.74, 6) is 0.434. The van der Waals surface area contributed by atoms with Crippen LogP contribution < -0.4 is 15.1 Å². The topological polar surface area (TPSA) is 45.6 Å². The minimum absolute atomic E-state index is 0.355. The molecule has 2 fully saturated rings. The molecule has 2 aliphatic heterocycles. The van der Waals surface area contributed by atoms with Gasteiger partial charge in [-0.15, -0.1) is 0 Å². The van der Waals surface area contributed by atoms with Crippen molar-refractivity contribution in [3.8, 4) is 0 Å². The lowest BCUT2D eigenvalue weighted by atomic mass is 10.0. The second kappa shape index (κ2) is 9.53. The van der Waals surface area contributed by atoms with Crippen molar-refractivity contribution in [1.82, 2.24) is 15.1 Å². The van der Waals surface area contributed by atoms with Gasteiger partial charge in [-0.2, -0.15) is 5.10 Å². The van der Waals surface area contributed by atoms with Crippen LogP contribution in [0.5, 0.6) is 0 Å². The minimum Gasteiger partial charge on any atom is -0.378 e. The number of ether oxygens (including phenoxy) is 1. The molecule has 1 unspecified atom stereocenters. The molecule has 8 heteroatoms. The summed E-state index contributed by atoms with van der Waals surface area (Å²) < 4.78 is 34.4. The molecule has 6 nitrogen and oxygen atoms in total. The van der Waals surface area contributed by atoms with Crippen molar-refractivity contribution in [2.75, 3.05) is 55.7 Å². The third kappa shape index (κ3) is 4.85. The lowest BCUT2D eigenvalue weighted by Crippen LogP contribution is -2.38. The molecule has 1 aromatic carbocycles. The second-order valence-electron chi connectivity index (χ2n) is 8.90. The maximum absolute atomic E-state index is 13.6. The molecule has 3 heterocycles. The van der Waals surface area contributed by atoms with Gasteiger partial charge in [0.15, 0.2) is 11.6 Å². The average molecular weight is 434 g/mol. The summed E-state index contributed by atoms with van der Waals surface area (Å²) in [6, 6.07) is 4.16. The molecule has 0 aliphatic carbocycles. The molecule has 2 aromatic rings. The van der Waals surface area contributed by atoms with Crippen molar-refractivity contribution < 1.29 is 13.5 Å². The number of halogens is 2. The van der Waals surface area contributed by atoms with Gasteiger partial charge in [0, 0.05) is 63.6 Å². The number of aryl methyl sites for hydroxylation is 1. The number of hydrogen-bond acceptors (Lipinski definition) is 5. The van der Waals surface area contributed by atoms with E-state index in [4.69, 9.17) is 9.84 Å². The van der Waals surface area contributed by atoms with Gasteiger partial charge in [-0.25, -0.2) is 8.78 Å². The summed E-state index contributed by atoms with van der Waals surface area (Å²) in [5.41, 5.74) is 3.17. The van der Waals surface area contributed by atoms with Crippen LogP contribution in [0.2, 0.25) is 0 Å². The number of aromatic nitrogens is 2. The molecule has 2 saturated heterocycles. The largest absolute Gasteiger partial charge is 0.378 e. The van der Waals surface area contributed by atoms with Crippen LogP contribution in [0.4, 0.5) is 20.3 Å². The molecular weight excluding hydrogens is 400 g/mol. The standard InChI is InChI=1S/C23H33F2N5O/c1-16(2)22-19(23(28(3)27-22)29-8-10-31-11-9-29)14-26-13-17-6-7-30(15-17)18-4-5-20(24)21(25)12-18/h4-5,12,16-17,26H,6-11,13-15H2,1-3H3. The van der Waals surface area contributed by atoms with Gasteiger partial charge in [-0.05, 0) is 30.4 Å². The fraction of sp³-hybridized carbons (Fsp3) is 0.609. The van der Waals surface area contributed by atoms with Gasteiger partial charge in [0.05, 0.1) is 18.9 Å². The Morgan fingerprint density at radius 3 is 2.61 bits per heavy atom. The summed E-state index contributed by atoms with van der Waals surface area (Å²) in [4.78, 5) is 4.51. The van der Waals surface area contributed by atoms with E-state index in [1.54, 1.807) is 6.07 Å². The van der Waals surface area contributed by atoms with E-state index in [1.165, 1.54) is 23.5 Å². The van der Waals surface area contributed by atoms with Gasteiger partial charge >= 0.3 is 0 Å². The van der Waals surface area contributed by atoms with E-state index in [0.29, 0.717) is 11.8 Å². The summed E-state index contributed by atoms with van der Waals surface area (Å²) in [6.07, 6.45) is 1.03. The molecular formula is C23H33F2N5O. The molecule has 0 amide bonds. The van der Waals surface area contributed by atoms with E-state index in [0.717, 1.165) is 70.3 Å². The zero-order valence-electron chi connectivity index (χ0n) is 18.7. The van der Waals surface area contributed by atoms with Gasteiger partial charge in [-0.1, -0.05) is 13.8 Å². The van der Waals surface area contributed by atoms with Crippen LogP contribution in [-0.4, -0.2) is 55.7 Å². The molecule has 0 bridgehead atoms. The predicted molar refractivity (Wildman–Crippen MR) is 119 cm³/mol. The Morgan fingerprint density at radius 1 is 1.13 bits per heavy atom. The van der Waals surface area contributed by atoms with Crippen molar-refractivity contribution in [3.63, 3.8) is 0 Å². The number of morpholine rings is 1. The Balaban J connectivity index is 1.38. The molecule has 1 atom stereocenters. The lowest BCUT2D eigenvalue weighted by Gasteiger charge is -2.29. The molecule has 1 N–H and O–H groups in total. The van der Waals surface area contributed by atoms with Crippen LogP contribution >= 0.6 is 0 Å². The third-order valence-electron chi connectivity index (χ3n) is 6.29. The van der Waals surface area contributed by atoms with Crippen molar-refractivity contribution in [1.29, 1.82) is 0 Å². The van der Waals surface area contributed by atoms with Gasteiger partial charge in [0.25, 0.3) is 0 Å². The maximum atomic E-state index is 13.6. The van der Waals surface area contributed by atoms with Gasteiger partial charge < -0.3 is 19.9 Å². The van der Waals surface area contributed by atoms with E-state index < -0.39 is 11.6 Å². The van der Waals surface area contributed by atoms with Gasteiger partial charge in [0.1, 0.15) is 5.82 Å². The summed E-state index contributed by atoms with van der Waals surface area (Å²) in [6.45, 7) is 11.0. The predicted octanol–water partition coefficient (Wildman–Crippen LogP) is 3.27. The zero-order valence-corrected chi connectivity index (χ0v) is 18.7. The second-order valence-corrected chi connectivity index (χ2v) is 8.90. The SMILES string of the molecule is CC(C)c1nn(C)c(N2CCOCC2)c1CNCC1CCN(c2ccc(F)c(F)c2)C1. The summed E-state index contributed by atoms with van der Waals surface area (Å²) in [7, 11) is 2.02. The molecule has 0 saturated carbocycles. The van der Waals surface area contributed by atoms with Crippen LogP contribution in [0.3, 0.4) is 0 Å². The van der Waals surface area contributed by atoms with E-state index >= 15 is 0 Å². The lowest BCUT2D eigenvalue weighted by molar-refractivity contribution is 0.122. The van der Waals surface area contributed by atoms with Crippen molar-refractivity contribution in [2.24, 2.45) is 13.0 Å². The highest BCUT2D eigenvalue weighted by molar-refractivity contribution is 5.51. The molecule has 170 valence electrons. The monoisotopic (exact) mass is 433 g/mol. The highest BCUT2D eigenvalue weighted by Gasteiger charge is 2.26. The first-order chi connectivity index (χ1) is 14.9.